The number of benzene rings is 3. The lowest BCUT2D eigenvalue weighted by Crippen LogP contribution is -2.30. The average molecular weight is 661 g/mol. The lowest BCUT2D eigenvalue weighted by atomic mass is 10.1. The number of Topliss-reactive ketones (excluding diaryl/α,β-unsaturated/α-hetero) is 1. The molecule has 0 bridgehead atoms. The van der Waals surface area contributed by atoms with Gasteiger partial charge in [0.1, 0.15) is 29.5 Å². The molecule has 0 atom stereocenters. The number of ether oxygens (including phenoxy) is 3. The Bertz CT molecular complexity index is 1540. The Kier molecular flexibility index (Phi) is 15.6. The molecule has 0 aromatic heterocycles. The van der Waals surface area contributed by atoms with E-state index in [2.05, 4.69) is 32.3 Å². The molecule has 3 aromatic carbocycles. The van der Waals surface area contributed by atoms with E-state index in [1.807, 2.05) is 24.3 Å². The van der Waals surface area contributed by atoms with Crippen LogP contribution >= 0.6 is 0 Å². The molecule has 256 valence electrons. The van der Waals surface area contributed by atoms with Crippen LogP contribution in [0.1, 0.15) is 65.2 Å². The van der Waals surface area contributed by atoms with Gasteiger partial charge in [0.25, 0.3) is 5.69 Å². The number of hydrogen-bond donors (Lipinski definition) is 0. The molecule has 0 amide bonds. The third-order valence-electron chi connectivity index (χ3n) is 7.47. The predicted molar refractivity (Wildman–Crippen MR) is 184 cm³/mol. The van der Waals surface area contributed by atoms with Crippen LogP contribution in [0.2, 0.25) is 0 Å². The number of nitro benzene ring substituents is 1. The third-order valence-corrected chi connectivity index (χ3v) is 7.47. The molecule has 13 nitrogen and oxygen atoms in total. The Morgan fingerprint density at radius 3 is 1.71 bits per heavy atom. The van der Waals surface area contributed by atoms with E-state index < -0.39 is 16.7 Å². The van der Waals surface area contributed by atoms with Gasteiger partial charge in [-0.05, 0) is 42.8 Å². The summed E-state index contributed by atoms with van der Waals surface area (Å²) in [5.41, 5.74) is 2.73. The number of esters is 1. The van der Waals surface area contributed by atoms with Crippen LogP contribution in [0.25, 0.3) is 0 Å². The summed E-state index contributed by atoms with van der Waals surface area (Å²) in [6, 6.07) is 16.5. The van der Waals surface area contributed by atoms with E-state index >= 15 is 0 Å². The van der Waals surface area contributed by atoms with Crippen LogP contribution in [0.15, 0.2) is 81.1 Å². The van der Waals surface area contributed by atoms with Crippen LogP contribution in [0.5, 0.6) is 11.5 Å². The van der Waals surface area contributed by atoms with Crippen LogP contribution in [-0.4, -0.2) is 50.6 Å². The molecule has 0 saturated heterocycles. The second kappa shape index (κ2) is 20.1. The van der Waals surface area contributed by atoms with Crippen molar-refractivity contribution < 1.29 is 28.7 Å². The van der Waals surface area contributed by atoms with Crippen molar-refractivity contribution in [2.24, 2.45) is 20.5 Å². The summed E-state index contributed by atoms with van der Waals surface area (Å²) < 4.78 is 16.1. The Labute approximate surface area is 281 Å². The van der Waals surface area contributed by atoms with Crippen molar-refractivity contribution in [3.63, 3.8) is 0 Å². The van der Waals surface area contributed by atoms with Crippen molar-refractivity contribution in [1.29, 1.82) is 0 Å². The van der Waals surface area contributed by atoms with Crippen LogP contribution < -0.4 is 14.4 Å². The normalized spacial score (nSPS) is 11.2. The number of carbonyl (C=O) groups excluding carboxylic acids is 2. The topological polar surface area (TPSA) is 158 Å². The highest BCUT2D eigenvalue weighted by atomic mass is 16.6. The van der Waals surface area contributed by atoms with Crippen LogP contribution in [0, 0.1) is 10.1 Å². The number of anilines is 1. The molecule has 48 heavy (non-hydrogen) atoms. The highest BCUT2D eigenvalue weighted by molar-refractivity contribution is 6.32. The van der Waals surface area contributed by atoms with Gasteiger partial charge < -0.3 is 19.1 Å². The fourth-order valence-corrected chi connectivity index (χ4v) is 4.77. The van der Waals surface area contributed by atoms with Gasteiger partial charge in [-0.2, -0.15) is 10.2 Å². The molecule has 0 aliphatic carbocycles. The van der Waals surface area contributed by atoms with E-state index in [9.17, 15) is 19.7 Å². The Balaban J connectivity index is 1.69. The first-order valence-corrected chi connectivity index (χ1v) is 16.1. The Morgan fingerprint density at radius 1 is 0.729 bits per heavy atom. The summed E-state index contributed by atoms with van der Waals surface area (Å²) >= 11 is 0. The van der Waals surface area contributed by atoms with Crippen molar-refractivity contribution in [2.75, 3.05) is 38.8 Å². The monoisotopic (exact) mass is 660 g/mol. The first-order valence-electron chi connectivity index (χ1n) is 16.1. The van der Waals surface area contributed by atoms with Crippen LogP contribution in [0.4, 0.5) is 34.1 Å². The number of ketones is 1. The number of nitrogens with zero attached hydrogens (tertiary/aromatic N) is 6. The summed E-state index contributed by atoms with van der Waals surface area (Å²) in [5.74, 6) is -0.668. The summed E-state index contributed by atoms with van der Waals surface area (Å²) in [6.45, 7) is 4.78. The molecule has 13 heteroatoms. The van der Waals surface area contributed by atoms with Gasteiger partial charge in [-0.15, -0.1) is 10.2 Å². The molecule has 0 unspecified atom stereocenters. The maximum Gasteiger partial charge on any atom is 0.374 e. The quantitative estimate of drug-likeness (QED) is 0.0273. The highest BCUT2D eigenvalue weighted by Crippen LogP contribution is 2.41. The van der Waals surface area contributed by atoms with Gasteiger partial charge in [-0.25, -0.2) is 4.79 Å². The number of non-ortho nitro benzene ring substituents is 1. The van der Waals surface area contributed by atoms with Crippen molar-refractivity contribution >= 4 is 45.9 Å². The first-order chi connectivity index (χ1) is 23.2. The molecular weight excluding hydrogens is 616 g/mol. The smallest absolute Gasteiger partial charge is 0.374 e. The van der Waals surface area contributed by atoms with E-state index in [1.54, 1.807) is 12.1 Å². The summed E-state index contributed by atoms with van der Waals surface area (Å²) in [4.78, 5) is 35.5. The molecule has 0 N–H and O–H groups in total. The zero-order valence-corrected chi connectivity index (χ0v) is 28.1. The van der Waals surface area contributed by atoms with E-state index in [1.165, 1.54) is 83.9 Å². The summed E-state index contributed by atoms with van der Waals surface area (Å²) in [6.07, 6.45) is 9.63. The molecule has 3 rings (SSSR count). The molecule has 0 aliphatic heterocycles. The first kappa shape index (κ1) is 37.3. The standard InChI is InChI=1S/C35H44N6O7/c1-5-6-7-8-9-10-11-12-21-40(22-23-48-35(43)26(2)42)29-17-13-27(14-18-29)36-38-31-24-34(47-4)32(25-33(31)46-3)39-37-28-15-19-30(20-16-28)41(44)45/h13-20,24-25H,5-12,21-23H2,1-4H3. The number of rotatable bonds is 21. The fraction of sp³-hybridized carbons (Fsp3) is 0.429. The molecule has 0 radical (unpaired) electrons. The molecule has 0 fully saturated rings. The number of hydrogen-bond acceptors (Lipinski definition) is 12. The molecule has 0 aliphatic rings. The van der Waals surface area contributed by atoms with Gasteiger partial charge in [0.2, 0.25) is 5.78 Å². The number of unbranched alkanes of at least 4 members (excludes halogenated alkanes) is 7. The van der Waals surface area contributed by atoms with Gasteiger partial charge in [-0.3, -0.25) is 14.9 Å². The second-order valence-electron chi connectivity index (χ2n) is 11.0. The largest absolute Gasteiger partial charge is 0.494 e. The van der Waals surface area contributed by atoms with E-state index in [-0.39, 0.29) is 12.3 Å². The number of nitro groups is 1. The average Bonchev–Trinajstić information content (AvgIpc) is 3.10. The van der Waals surface area contributed by atoms with Gasteiger partial charge in [0, 0.05) is 43.4 Å². The maximum atomic E-state index is 11.7. The highest BCUT2D eigenvalue weighted by Gasteiger charge is 2.14. The second-order valence-corrected chi connectivity index (χ2v) is 11.0. The lowest BCUT2D eigenvalue weighted by molar-refractivity contribution is -0.384. The minimum atomic E-state index is -0.828. The van der Waals surface area contributed by atoms with E-state index in [0.717, 1.165) is 25.1 Å². The van der Waals surface area contributed by atoms with E-state index in [0.29, 0.717) is 40.8 Å². The van der Waals surface area contributed by atoms with Gasteiger partial charge in [-0.1, -0.05) is 51.9 Å². The van der Waals surface area contributed by atoms with E-state index in [4.69, 9.17) is 14.2 Å². The van der Waals surface area contributed by atoms with Gasteiger partial charge in [0.05, 0.1) is 37.1 Å². The lowest BCUT2D eigenvalue weighted by Gasteiger charge is -2.24. The Morgan fingerprint density at radius 2 is 1.23 bits per heavy atom. The number of azo groups is 2. The summed E-state index contributed by atoms with van der Waals surface area (Å²) in [5, 5.41) is 28.0. The van der Waals surface area contributed by atoms with Crippen LogP contribution in [-0.2, 0) is 14.3 Å². The van der Waals surface area contributed by atoms with Crippen molar-refractivity contribution in [3.05, 3.63) is 70.8 Å². The fourth-order valence-electron chi connectivity index (χ4n) is 4.77. The Hall–Kier alpha value is -5.20. The molecule has 0 spiro atoms. The molecular formula is C35H44N6O7. The SMILES string of the molecule is CCCCCCCCCCN(CCOC(=O)C(C)=O)c1ccc(N=Nc2cc(OC)c(N=Nc3ccc([N+](=O)[O-])cc3)cc2OC)cc1. The summed E-state index contributed by atoms with van der Waals surface area (Å²) in [7, 11) is 2.99. The van der Waals surface area contributed by atoms with Crippen molar-refractivity contribution in [2.45, 2.75) is 65.2 Å². The zero-order chi connectivity index (χ0) is 34.7. The van der Waals surface area contributed by atoms with Crippen molar-refractivity contribution in [1.82, 2.24) is 0 Å². The van der Waals surface area contributed by atoms with Gasteiger partial charge >= 0.3 is 5.97 Å². The molecule has 3 aromatic rings. The predicted octanol–water partition coefficient (Wildman–Crippen LogP) is 9.52. The third kappa shape index (κ3) is 12.2. The number of carbonyl (C=O) groups is 2. The molecule has 0 saturated carbocycles. The minimum Gasteiger partial charge on any atom is -0.494 e. The van der Waals surface area contributed by atoms with Gasteiger partial charge in [0.15, 0.2) is 0 Å². The maximum absolute atomic E-state index is 11.7. The number of methoxy groups -OCH3 is 2. The van der Waals surface area contributed by atoms with Crippen LogP contribution in [0.3, 0.4) is 0 Å². The minimum absolute atomic E-state index is 0.0397. The molecule has 0 heterocycles. The van der Waals surface area contributed by atoms with Crippen molar-refractivity contribution in [3.8, 4) is 11.5 Å². The zero-order valence-electron chi connectivity index (χ0n) is 28.1.